The Kier molecular flexibility index (Phi) is 2.92. The molecule has 1 aliphatic carbocycles. The molecule has 0 bridgehead atoms. The quantitative estimate of drug-likeness (QED) is 0.893. The number of carboxylic acids is 1. The zero-order valence-electron chi connectivity index (χ0n) is 11.6. The van der Waals surface area contributed by atoms with Crippen molar-refractivity contribution in [1.29, 1.82) is 0 Å². The van der Waals surface area contributed by atoms with Crippen molar-refractivity contribution < 1.29 is 9.90 Å². The Balaban J connectivity index is 2.39. The molecular weight excluding hydrogens is 228 g/mol. The molecule has 18 heavy (non-hydrogen) atoms. The fraction of sp³-hybridized carbons (Fsp3) is 0.643. The Morgan fingerprint density at radius 1 is 1.33 bits per heavy atom. The average Bonchev–Trinajstić information content (AvgIpc) is 2.86. The summed E-state index contributed by atoms with van der Waals surface area (Å²) in [5.41, 5.74) is 2.65. The Morgan fingerprint density at radius 2 is 1.78 bits per heavy atom. The summed E-state index contributed by atoms with van der Waals surface area (Å²) in [6, 6.07) is 0. The zero-order valence-corrected chi connectivity index (χ0v) is 11.6. The Morgan fingerprint density at radius 3 is 2.11 bits per heavy atom. The van der Waals surface area contributed by atoms with Crippen molar-refractivity contribution in [2.75, 3.05) is 0 Å². The van der Waals surface area contributed by atoms with Crippen LogP contribution in [0.2, 0.25) is 0 Å². The van der Waals surface area contributed by atoms with Gasteiger partial charge >= 0.3 is 5.97 Å². The van der Waals surface area contributed by atoms with Crippen molar-refractivity contribution >= 4 is 5.97 Å². The normalized spacial score (nSPS) is 22.6. The topological polar surface area (TPSA) is 63.1 Å². The molecule has 0 radical (unpaired) electrons. The molecular formula is C14H20N2O2. The van der Waals surface area contributed by atoms with Gasteiger partial charge in [-0.1, -0.05) is 13.8 Å². The van der Waals surface area contributed by atoms with Crippen molar-refractivity contribution in [1.82, 2.24) is 9.97 Å². The second-order valence-corrected chi connectivity index (χ2v) is 5.97. The summed E-state index contributed by atoms with van der Waals surface area (Å²) in [7, 11) is 0. The summed E-state index contributed by atoms with van der Waals surface area (Å²) in [5.74, 6) is -0.0870. The van der Waals surface area contributed by atoms with E-state index in [-0.39, 0.29) is 0 Å². The van der Waals surface area contributed by atoms with Gasteiger partial charge in [0, 0.05) is 22.9 Å². The van der Waals surface area contributed by atoms with Crippen LogP contribution in [0.4, 0.5) is 0 Å². The molecule has 1 heterocycles. The first-order valence-electron chi connectivity index (χ1n) is 6.32. The second-order valence-electron chi connectivity index (χ2n) is 5.97. The number of carbonyl (C=O) groups is 1. The van der Waals surface area contributed by atoms with Gasteiger partial charge in [-0.25, -0.2) is 9.97 Å². The van der Waals surface area contributed by atoms with Crippen LogP contribution in [0.3, 0.4) is 0 Å². The molecule has 1 aromatic rings. The van der Waals surface area contributed by atoms with Gasteiger partial charge in [0.15, 0.2) is 0 Å². The Bertz CT molecular complexity index is 486. The molecule has 0 amide bonds. The first kappa shape index (κ1) is 13.0. The van der Waals surface area contributed by atoms with E-state index >= 15 is 0 Å². The highest BCUT2D eigenvalue weighted by Crippen LogP contribution is 2.57. The lowest BCUT2D eigenvalue weighted by atomic mass is 9.98. The van der Waals surface area contributed by atoms with Crippen LogP contribution < -0.4 is 0 Å². The van der Waals surface area contributed by atoms with Gasteiger partial charge in [-0.15, -0.1) is 0 Å². The van der Waals surface area contributed by atoms with Crippen LogP contribution in [0.1, 0.15) is 61.8 Å². The predicted molar refractivity (Wildman–Crippen MR) is 68.7 cm³/mol. The van der Waals surface area contributed by atoms with Crippen LogP contribution in [-0.4, -0.2) is 21.0 Å². The van der Waals surface area contributed by atoms with Crippen LogP contribution in [0, 0.1) is 19.3 Å². The molecule has 1 saturated carbocycles. The molecule has 2 rings (SSSR count). The molecule has 4 heteroatoms. The second kappa shape index (κ2) is 4.04. The number of hydrogen-bond acceptors (Lipinski definition) is 3. The van der Waals surface area contributed by atoms with Crippen LogP contribution in [0.25, 0.3) is 0 Å². The van der Waals surface area contributed by atoms with Gasteiger partial charge in [-0.05, 0) is 32.6 Å². The van der Waals surface area contributed by atoms with Gasteiger partial charge in [-0.3, -0.25) is 4.79 Å². The van der Waals surface area contributed by atoms with Gasteiger partial charge in [0.2, 0.25) is 0 Å². The van der Waals surface area contributed by atoms with Crippen molar-refractivity contribution in [2.45, 2.75) is 52.9 Å². The molecule has 1 fully saturated rings. The minimum Gasteiger partial charge on any atom is -0.481 e. The lowest BCUT2D eigenvalue weighted by Gasteiger charge is -2.14. The number of hydrogen-bond donors (Lipinski definition) is 1. The standard InChI is InChI=1S/C14H20N2O2/c1-7(13(17)18)11-8(2)15-12(16-9(11)3)10-6-14(10,4)5/h7,10H,6H2,1-5H3,(H,17,18). The van der Waals surface area contributed by atoms with Gasteiger partial charge in [0.25, 0.3) is 0 Å². The highest BCUT2D eigenvalue weighted by Gasteiger charge is 2.48. The van der Waals surface area contributed by atoms with E-state index in [4.69, 9.17) is 5.11 Å². The highest BCUT2D eigenvalue weighted by molar-refractivity contribution is 5.76. The summed E-state index contributed by atoms with van der Waals surface area (Å²) in [4.78, 5) is 20.1. The molecule has 1 N–H and O–H groups in total. The number of aromatic nitrogens is 2. The smallest absolute Gasteiger partial charge is 0.310 e. The lowest BCUT2D eigenvalue weighted by Crippen LogP contribution is -2.14. The van der Waals surface area contributed by atoms with E-state index in [2.05, 4.69) is 23.8 Å². The molecule has 1 aliphatic rings. The van der Waals surface area contributed by atoms with Crippen LogP contribution in [0.5, 0.6) is 0 Å². The number of aryl methyl sites for hydroxylation is 2. The van der Waals surface area contributed by atoms with E-state index in [1.165, 1.54) is 0 Å². The molecule has 0 aromatic carbocycles. The first-order valence-corrected chi connectivity index (χ1v) is 6.32. The SMILES string of the molecule is Cc1nc(C2CC2(C)C)nc(C)c1C(C)C(=O)O. The molecule has 1 aromatic heterocycles. The minimum atomic E-state index is -0.829. The van der Waals surface area contributed by atoms with Crippen LogP contribution >= 0.6 is 0 Å². The van der Waals surface area contributed by atoms with Crippen molar-refractivity contribution in [3.63, 3.8) is 0 Å². The number of nitrogens with zero attached hydrogens (tertiary/aromatic N) is 2. The maximum Gasteiger partial charge on any atom is 0.310 e. The van der Waals surface area contributed by atoms with E-state index in [0.29, 0.717) is 11.3 Å². The molecule has 2 atom stereocenters. The highest BCUT2D eigenvalue weighted by atomic mass is 16.4. The van der Waals surface area contributed by atoms with Gasteiger partial charge in [0.05, 0.1) is 5.92 Å². The lowest BCUT2D eigenvalue weighted by molar-refractivity contribution is -0.138. The fourth-order valence-corrected chi connectivity index (χ4v) is 2.56. The molecule has 2 unspecified atom stereocenters. The Labute approximate surface area is 107 Å². The van der Waals surface area contributed by atoms with Crippen molar-refractivity contribution in [2.24, 2.45) is 5.41 Å². The van der Waals surface area contributed by atoms with E-state index < -0.39 is 11.9 Å². The average molecular weight is 248 g/mol. The third kappa shape index (κ3) is 2.11. The van der Waals surface area contributed by atoms with E-state index in [0.717, 1.165) is 29.2 Å². The van der Waals surface area contributed by atoms with Gasteiger partial charge in [-0.2, -0.15) is 0 Å². The van der Waals surface area contributed by atoms with Gasteiger partial charge < -0.3 is 5.11 Å². The zero-order chi connectivity index (χ0) is 13.7. The summed E-state index contributed by atoms with van der Waals surface area (Å²) in [6.07, 6.45) is 1.11. The number of carboxylic acid groups (broad SMARTS) is 1. The largest absolute Gasteiger partial charge is 0.481 e. The molecule has 0 saturated heterocycles. The van der Waals surface area contributed by atoms with Crippen molar-refractivity contribution in [3.8, 4) is 0 Å². The number of rotatable bonds is 3. The summed E-state index contributed by atoms with van der Waals surface area (Å²) in [6.45, 7) is 9.85. The maximum atomic E-state index is 11.1. The van der Waals surface area contributed by atoms with Crippen LogP contribution in [0.15, 0.2) is 0 Å². The molecule has 4 nitrogen and oxygen atoms in total. The van der Waals surface area contributed by atoms with E-state index in [9.17, 15) is 4.79 Å². The third-order valence-electron chi connectivity index (χ3n) is 3.97. The Hall–Kier alpha value is -1.45. The van der Waals surface area contributed by atoms with E-state index in [1.54, 1.807) is 6.92 Å². The molecule has 98 valence electrons. The third-order valence-corrected chi connectivity index (χ3v) is 3.97. The summed E-state index contributed by atoms with van der Waals surface area (Å²) >= 11 is 0. The monoisotopic (exact) mass is 248 g/mol. The summed E-state index contributed by atoms with van der Waals surface area (Å²) < 4.78 is 0. The fourth-order valence-electron chi connectivity index (χ4n) is 2.56. The first-order chi connectivity index (χ1) is 8.24. The molecule has 0 aliphatic heterocycles. The maximum absolute atomic E-state index is 11.1. The molecule has 0 spiro atoms. The van der Waals surface area contributed by atoms with Gasteiger partial charge in [0.1, 0.15) is 5.82 Å². The summed E-state index contributed by atoms with van der Waals surface area (Å²) in [5, 5.41) is 9.10. The van der Waals surface area contributed by atoms with Crippen molar-refractivity contribution in [3.05, 3.63) is 22.8 Å². The number of aliphatic carboxylic acids is 1. The predicted octanol–water partition coefficient (Wildman–Crippen LogP) is 2.80. The van der Waals surface area contributed by atoms with E-state index in [1.807, 2.05) is 13.8 Å². The van der Waals surface area contributed by atoms with Crippen LogP contribution in [-0.2, 0) is 4.79 Å². The minimum absolute atomic E-state index is 0.290.